The number of hydrogen-bond donors (Lipinski definition) is 3. The number of ether oxygens (including phenoxy) is 1. The number of hydrogen-bond acceptors (Lipinski definition) is 9. The second kappa shape index (κ2) is 14.8. The van der Waals surface area contributed by atoms with Gasteiger partial charge in [-0.1, -0.05) is 51.3 Å². The predicted octanol–water partition coefficient (Wildman–Crippen LogP) is 5.52. The molecule has 4 heterocycles. The van der Waals surface area contributed by atoms with Crippen molar-refractivity contribution in [3.8, 4) is 0 Å². The molecule has 1 aromatic heterocycles. The highest BCUT2D eigenvalue weighted by molar-refractivity contribution is 7.90. The second-order valence-electron chi connectivity index (χ2n) is 16.6. The molecular weight excluding hydrogens is 635 g/mol. The number of aryl methyl sites for hydroxylation is 2. The minimum atomic E-state index is -3.58. The van der Waals surface area contributed by atoms with Gasteiger partial charge in [-0.25, -0.2) is 18.4 Å². The first kappa shape index (κ1) is 35.3. The standard InChI is InChI=1S/C38H59N7O3S/c1-26-7-5-8-27(2)36(26)33-20-35-42-37(41-33)43-49(46,47)32-10-6-9-29(19-32)23-45(30(25-48-35)14-13-28-11-12-28)24-34-39-21-31(22-40-34)44-17-15-38(3,4)16-18-44/h5,7-8,21-22,28-30,32-33,35,37,41-43H,6,9-20,23-25H2,1-4H3/t29?,30-,32?,33?,35?,37?/m1/s1. The average Bonchev–Trinajstić information content (AvgIpc) is 3.89. The third kappa shape index (κ3) is 8.84. The smallest absolute Gasteiger partial charge is 0.216 e. The summed E-state index contributed by atoms with van der Waals surface area (Å²) in [4.78, 5) is 14.8. The average molecular weight is 694 g/mol. The van der Waals surface area contributed by atoms with Crippen LogP contribution >= 0.6 is 0 Å². The summed E-state index contributed by atoms with van der Waals surface area (Å²) in [5.41, 5.74) is 5.14. The van der Waals surface area contributed by atoms with E-state index in [9.17, 15) is 8.42 Å². The number of sulfonamides is 1. The highest BCUT2D eigenvalue weighted by Gasteiger charge is 2.39. The summed E-state index contributed by atoms with van der Waals surface area (Å²) in [5.74, 6) is 1.94. The van der Waals surface area contributed by atoms with Crippen LogP contribution in [0.5, 0.6) is 0 Å². The zero-order valence-electron chi connectivity index (χ0n) is 30.2. The summed E-state index contributed by atoms with van der Waals surface area (Å²) in [6.07, 6.45) is 14.4. The third-order valence-corrected chi connectivity index (χ3v) is 14.0. The number of piperidine rings is 1. The molecule has 3 N–H and O–H groups in total. The van der Waals surface area contributed by atoms with Gasteiger partial charge >= 0.3 is 0 Å². The van der Waals surface area contributed by atoms with Gasteiger partial charge in [-0.2, -0.15) is 4.72 Å². The zero-order chi connectivity index (χ0) is 34.2. The molecule has 0 amide bonds. The molecule has 2 saturated carbocycles. The molecule has 1 aromatic carbocycles. The van der Waals surface area contributed by atoms with Crippen molar-refractivity contribution in [2.24, 2.45) is 17.3 Å². The van der Waals surface area contributed by atoms with Crippen molar-refractivity contribution in [3.05, 3.63) is 53.1 Å². The van der Waals surface area contributed by atoms with E-state index in [2.05, 4.69) is 71.0 Å². The first-order valence-corrected chi connectivity index (χ1v) is 20.6. The fraction of sp³-hybridized carbons (Fsp3) is 0.737. The van der Waals surface area contributed by atoms with E-state index in [0.29, 0.717) is 37.8 Å². The fourth-order valence-electron chi connectivity index (χ4n) is 8.75. The lowest BCUT2D eigenvalue weighted by Crippen LogP contribution is -2.64. The summed E-state index contributed by atoms with van der Waals surface area (Å²) < 4.78 is 37.7. The molecule has 4 bridgehead atoms. The molecule has 5 unspecified atom stereocenters. The Labute approximate surface area is 294 Å². The summed E-state index contributed by atoms with van der Waals surface area (Å²) in [6.45, 7) is 13.1. The van der Waals surface area contributed by atoms with Crippen LogP contribution in [-0.2, 0) is 21.3 Å². The van der Waals surface area contributed by atoms with E-state index in [1.54, 1.807) is 0 Å². The largest absolute Gasteiger partial charge is 0.369 e. The molecule has 5 fully saturated rings. The van der Waals surface area contributed by atoms with Gasteiger partial charge in [-0.05, 0) is 92.7 Å². The third-order valence-electron chi connectivity index (χ3n) is 12.1. The molecule has 11 heteroatoms. The highest BCUT2D eigenvalue weighted by Crippen LogP contribution is 2.37. The maximum absolute atomic E-state index is 13.9. The number of nitrogens with zero attached hydrogens (tertiary/aromatic N) is 4. The number of aromatic nitrogens is 2. The number of anilines is 1. The van der Waals surface area contributed by atoms with E-state index < -0.39 is 21.6 Å². The first-order chi connectivity index (χ1) is 23.5. The van der Waals surface area contributed by atoms with Gasteiger partial charge in [0.2, 0.25) is 10.0 Å². The zero-order valence-corrected chi connectivity index (χ0v) is 31.0. The second-order valence-corrected chi connectivity index (χ2v) is 18.6. The summed E-state index contributed by atoms with van der Waals surface area (Å²) >= 11 is 0. The Balaban J connectivity index is 1.15. The van der Waals surface area contributed by atoms with Crippen molar-refractivity contribution in [1.29, 1.82) is 0 Å². The lowest BCUT2D eigenvalue weighted by Gasteiger charge is -2.40. The molecule has 49 heavy (non-hydrogen) atoms. The lowest BCUT2D eigenvalue weighted by atomic mass is 9.82. The minimum Gasteiger partial charge on any atom is -0.369 e. The van der Waals surface area contributed by atoms with Crippen LogP contribution in [0, 0.1) is 31.1 Å². The van der Waals surface area contributed by atoms with E-state index in [0.717, 1.165) is 56.3 Å². The van der Waals surface area contributed by atoms with Gasteiger partial charge in [0.1, 0.15) is 18.3 Å². The molecule has 0 spiro atoms. The summed E-state index contributed by atoms with van der Waals surface area (Å²) in [6, 6.07) is 6.53. The number of rotatable bonds is 7. The molecule has 3 saturated heterocycles. The Hall–Kier alpha value is -2.15. The van der Waals surface area contributed by atoms with Crippen LogP contribution in [0.15, 0.2) is 30.6 Å². The van der Waals surface area contributed by atoms with Crippen molar-refractivity contribution in [1.82, 2.24) is 30.2 Å². The van der Waals surface area contributed by atoms with E-state index in [1.807, 2.05) is 12.4 Å². The Kier molecular flexibility index (Phi) is 10.7. The van der Waals surface area contributed by atoms with Gasteiger partial charge < -0.3 is 9.64 Å². The van der Waals surface area contributed by atoms with Crippen molar-refractivity contribution >= 4 is 15.7 Å². The van der Waals surface area contributed by atoms with Crippen LogP contribution < -0.4 is 20.3 Å². The van der Waals surface area contributed by atoms with Gasteiger partial charge in [-0.15, -0.1) is 0 Å². The van der Waals surface area contributed by atoms with E-state index >= 15 is 0 Å². The van der Waals surface area contributed by atoms with Crippen LogP contribution in [0.4, 0.5) is 5.69 Å². The van der Waals surface area contributed by atoms with E-state index in [4.69, 9.17) is 14.7 Å². The van der Waals surface area contributed by atoms with Gasteiger partial charge in [0, 0.05) is 38.1 Å². The molecule has 10 nitrogen and oxygen atoms in total. The lowest BCUT2D eigenvalue weighted by molar-refractivity contribution is -0.0472. The van der Waals surface area contributed by atoms with Gasteiger partial charge in [0.05, 0.1) is 36.5 Å². The molecule has 2 aliphatic carbocycles. The molecule has 270 valence electrons. The van der Waals surface area contributed by atoms with Crippen LogP contribution in [0.3, 0.4) is 0 Å². The predicted molar refractivity (Wildman–Crippen MR) is 194 cm³/mol. The molecule has 7 rings (SSSR count). The van der Waals surface area contributed by atoms with Crippen LogP contribution in [0.25, 0.3) is 0 Å². The van der Waals surface area contributed by atoms with Gasteiger partial charge in [0.25, 0.3) is 0 Å². The fourth-order valence-corrected chi connectivity index (χ4v) is 10.4. The Morgan fingerprint density at radius 3 is 2.41 bits per heavy atom. The van der Waals surface area contributed by atoms with Crippen LogP contribution in [0.2, 0.25) is 0 Å². The Morgan fingerprint density at radius 1 is 0.959 bits per heavy atom. The molecule has 0 radical (unpaired) electrons. The molecule has 2 aromatic rings. The van der Waals surface area contributed by atoms with Crippen molar-refractivity contribution in [2.75, 3.05) is 31.1 Å². The topological polar surface area (TPSA) is 112 Å². The van der Waals surface area contributed by atoms with E-state index in [1.165, 1.54) is 48.8 Å². The highest BCUT2D eigenvalue weighted by atomic mass is 32.2. The number of benzene rings is 1. The molecule has 6 atom stereocenters. The summed E-state index contributed by atoms with van der Waals surface area (Å²) in [7, 11) is -3.58. The Bertz CT molecular complexity index is 1500. The Morgan fingerprint density at radius 2 is 1.69 bits per heavy atom. The van der Waals surface area contributed by atoms with E-state index in [-0.39, 0.29) is 24.2 Å². The maximum Gasteiger partial charge on any atom is 0.216 e. The molecule has 5 aliphatic rings. The van der Waals surface area contributed by atoms with Crippen molar-refractivity contribution in [3.63, 3.8) is 0 Å². The van der Waals surface area contributed by atoms with Crippen LogP contribution in [-0.4, -0.2) is 73.3 Å². The number of fused-ring (bicyclic) bond motifs is 4. The molecular formula is C38H59N7O3S. The van der Waals surface area contributed by atoms with Gasteiger partial charge in [-0.3, -0.25) is 15.5 Å². The monoisotopic (exact) mass is 693 g/mol. The van der Waals surface area contributed by atoms with Crippen LogP contribution in [0.1, 0.15) is 113 Å². The van der Waals surface area contributed by atoms with Crippen molar-refractivity contribution in [2.45, 2.75) is 135 Å². The maximum atomic E-state index is 13.9. The number of nitrogens with one attached hydrogen (secondary N) is 3. The minimum absolute atomic E-state index is 0.0386. The molecule has 3 aliphatic heterocycles. The SMILES string of the molecule is Cc1cccc(C)c1C1CC2NC(N1)NS(=O)(=O)C1CCCC(C1)CN(Cc1ncc(N3CCC(C)(C)CC3)cn1)[C@H](CCC1CC1)CO2. The normalized spacial score (nSPS) is 32.4. The quantitative estimate of drug-likeness (QED) is 0.345. The summed E-state index contributed by atoms with van der Waals surface area (Å²) in [5, 5.41) is 6.68. The van der Waals surface area contributed by atoms with Crippen molar-refractivity contribution < 1.29 is 13.2 Å². The van der Waals surface area contributed by atoms with Gasteiger partial charge in [0.15, 0.2) is 0 Å². The first-order valence-electron chi connectivity index (χ1n) is 19.0.